The molecule has 0 aliphatic carbocycles. The molecule has 0 unspecified atom stereocenters. The molecule has 3 amide bonds. The Bertz CT molecular complexity index is 1030. The van der Waals surface area contributed by atoms with E-state index in [4.69, 9.17) is 4.74 Å². The molecule has 162 valence electrons. The summed E-state index contributed by atoms with van der Waals surface area (Å²) >= 11 is 0. The minimum Gasteiger partial charge on any atom is -0.455 e. The van der Waals surface area contributed by atoms with Crippen LogP contribution in [0.2, 0.25) is 0 Å². The fourth-order valence-corrected chi connectivity index (χ4v) is 3.34. The SMILES string of the molecule is Cc1cccc(C(=O)NN2C[C@@H](C(=O)OCC(=O)Nc3ccc(C)cc3C)CC2=O)c1. The summed E-state index contributed by atoms with van der Waals surface area (Å²) in [4.78, 5) is 48.9. The first-order valence-electron chi connectivity index (χ1n) is 9.94. The predicted octanol–water partition coefficient (Wildman–Crippen LogP) is 2.29. The van der Waals surface area contributed by atoms with Crippen molar-refractivity contribution in [3.8, 4) is 0 Å². The Hall–Kier alpha value is -3.68. The zero-order chi connectivity index (χ0) is 22.5. The van der Waals surface area contributed by atoms with E-state index in [1.807, 2.05) is 39.0 Å². The van der Waals surface area contributed by atoms with Gasteiger partial charge in [-0.05, 0) is 44.5 Å². The van der Waals surface area contributed by atoms with Crippen LogP contribution in [-0.4, -0.2) is 41.9 Å². The third kappa shape index (κ3) is 5.69. The van der Waals surface area contributed by atoms with Crippen LogP contribution in [0.1, 0.15) is 33.5 Å². The Balaban J connectivity index is 1.49. The number of carbonyl (C=O) groups is 4. The highest BCUT2D eigenvalue weighted by Gasteiger charge is 2.36. The summed E-state index contributed by atoms with van der Waals surface area (Å²) in [6, 6.07) is 12.6. The van der Waals surface area contributed by atoms with E-state index in [1.54, 1.807) is 24.3 Å². The Morgan fingerprint density at radius 1 is 1.06 bits per heavy atom. The molecule has 1 heterocycles. The summed E-state index contributed by atoms with van der Waals surface area (Å²) in [5.74, 6) is -2.69. The Kier molecular flexibility index (Phi) is 6.69. The van der Waals surface area contributed by atoms with Crippen LogP contribution in [0.15, 0.2) is 42.5 Å². The number of benzene rings is 2. The number of aryl methyl sites for hydroxylation is 3. The highest BCUT2D eigenvalue weighted by Crippen LogP contribution is 2.19. The number of anilines is 1. The molecule has 1 fully saturated rings. The molecule has 8 nitrogen and oxygen atoms in total. The molecular formula is C23H25N3O5. The van der Waals surface area contributed by atoms with Crippen LogP contribution < -0.4 is 10.7 Å². The molecule has 0 aromatic heterocycles. The van der Waals surface area contributed by atoms with E-state index in [0.717, 1.165) is 21.7 Å². The summed E-state index contributed by atoms with van der Waals surface area (Å²) in [5, 5.41) is 3.82. The van der Waals surface area contributed by atoms with E-state index in [2.05, 4.69) is 10.7 Å². The van der Waals surface area contributed by atoms with Gasteiger partial charge in [-0.1, -0.05) is 35.4 Å². The summed E-state index contributed by atoms with van der Waals surface area (Å²) in [6.07, 6.45) is -0.0916. The molecule has 31 heavy (non-hydrogen) atoms. The summed E-state index contributed by atoms with van der Waals surface area (Å²) < 4.78 is 5.08. The van der Waals surface area contributed by atoms with Crippen molar-refractivity contribution in [1.29, 1.82) is 0 Å². The predicted molar refractivity (Wildman–Crippen MR) is 114 cm³/mol. The van der Waals surface area contributed by atoms with Crippen molar-refractivity contribution >= 4 is 29.4 Å². The first-order chi connectivity index (χ1) is 14.7. The van der Waals surface area contributed by atoms with Gasteiger partial charge in [-0.15, -0.1) is 0 Å². The van der Waals surface area contributed by atoms with Gasteiger partial charge in [0.25, 0.3) is 11.8 Å². The van der Waals surface area contributed by atoms with Gasteiger partial charge in [0.15, 0.2) is 6.61 Å². The number of carbonyl (C=O) groups excluding carboxylic acids is 4. The van der Waals surface area contributed by atoms with Crippen LogP contribution in [0.25, 0.3) is 0 Å². The lowest BCUT2D eigenvalue weighted by molar-refractivity contribution is -0.151. The summed E-state index contributed by atoms with van der Waals surface area (Å²) in [7, 11) is 0. The van der Waals surface area contributed by atoms with E-state index in [0.29, 0.717) is 11.3 Å². The van der Waals surface area contributed by atoms with Gasteiger partial charge in [-0.2, -0.15) is 0 Å². The van der Waals surface area contributed by atoms with E-state index in [1.165, 1.54) is 0 Å². The van der Waals surface area contributed by atoms with Crippen molar-refractivity contribution in [2.24, 2.45) is 5.92 Å². The quantitative estimate of drug-likeness (QED) is 0.694. The lowest BCUT2D eigenvalue weighted by atomic mass is 10.1. The van der Waals surface area contributed by atoms with Crippen LogP contribution in [0, 0.1) is 26.7 Å². The van der Waals surface area contributed by atoms with Crippen molar-refractivity contribution in [3.63, 3.8) is 0 Å². The van der Waals surface area contributed by atoms with Gasteiger partial charge >= 0.3 is 5.97 Å². The highest BCUT2D eigenvalue weighted by molar-refractivity contribution is 5.97. The monoisotopic (exact) mass is 423 g/mol. The maximum absolute atomic E-state index is 12.3. The number of amides is 3. The minimum absolute atomic E-state index is 0.00604. The average molecular weight is 423 g/mol. The number of hydrogen-bond acceptors (Lipinski definition) is 5. The van der Waals surface area contributed by atoms with E-state index >= 15 is 0 Å². The van der Waals surface area contributed by atoms with Gasteiger partial charge in [0.05, 0.1) is 12.5 Å². The second kappa shape index (κ2) is 9.42. The smallest absolute Gasteiger partial charge is 0.311 e. The number of ether oxygens (including phenoxy) is 1. The molecule has 3 rings (SSSR count). The molecule has 1 aliphatic rings. The molecule has 8 heteroatoms. The molecule has 0 saturated carbocycles. The average Bonchev–Trinajstić information content (AvgIpc) is 3.08. The fourth-order valence-electron chi connectivity index (χ4n) is 3.34. The first kappa shape index (κ1) is 22.0. The number of rotatable bonds is 6. The van der Waals surface area contributed by atoms with Gasteiger partial charge in [0, 0.05) is 17.7 Å². The van der Waals surface area contributed by atoms with Crippen molar-refractivity contribution in [2.75, 3.05) is 18.5 Å². The Labute approximate surface area is 180 Å². The number of nitrogens with zero attached hydrogens (tertiary/aromatic N) is 1. The van der Waals surface area contributed by atoms with Crippen molar-refractivity contribution in [3.05, 3.63) is 64.7 Å². The molecule has 2 aromatic carbocycles. The molecule has 0 bridgehead atoms. The van der Waals surface area contributed by atoms with E-state index in [9.17, 15) is 19.2 Å². The second-order valence-corrected chi connectivity index (χ2v) is 7.69. The normalized spacial score (nSPS) is 15.5. The summed E-state index contributed by atoms with van der Waals surface area (Å²) in [6.45, 7) is 5.23. The molecule has 2 aromatic rings. The lowest BCUT2D eigenvalue weighted by Gasteiger charge is -2.17. The molecule has 1 aliphatic heterocycles. The molecule has 1 atom stereocenters. The zero-order valence-electron chi connectivity index (χ0n) is 17.7. The Morgan fingerprint density at radius 3 is 2.52 bits per heavy atom. The maximum Gasteiger partial charge on any atom is 0.311 e. The highest BCUT2D eigenvalue weighted by atomic mass is 16.5. The molecule has 1 saturated heterocycles. The number of nitrogens with one attached hydrogen (secondary N) is 2. The molecule has 0 radical (unpaired) electrons. The lowest BCUT2D eigenvalue weighted by Crippen LogP contribution is -2.43. The van der Waals surface area contributed by atoms with Crippen LogP contribution in [0.3, 0.4) is 0 Å². The van der Waals surface area contributed by atoms with E-state index < -0.39 is 30.3 Å². The third-order valence-corrected chi connectivity index (χ3v) is 4.98. The topological polar surface area (TPSA) is 105 Å². The Morgan fingerprint density at radius 2 is 1.81 bits per heavy atom. The molecular weight excluding hydrogens is 398 g/mol. The van der Waals surface area contributed by atoms with Crippen LogP contribution in [-0.2, 0) is 19.1 Å². The van der Waals surface area contributed by atoms with Gasteiger partial charge in [0.2, 0.25) is 5.91 Å². The van der Waals surface area contributed by atoms with Gasteiger partial charge in [-0.3, -0.25) is 29.6 Å². The van der Waals surface area contributed by atoms with Crippen LogP contribution >= 0.6 is 0 Å². The van der Waals surface area contributed by atoms with Crippen molar-refractivity contribution < 1.29 is 23.9 Å². The summed E-state index contributed by atoms with van der Waals surface area (Å²) in [5.41, 5.74) is 6.48. The first-order valence-corrected chi connectivity index (χ1v) is 9.94. The second-order valence-electron chi connectivity index (χ2n) is 7.69. The standard InChI is InChI=1S/C23H25N3O5/c1-14-5-4-6-17(10-14)22(29)25-26-12-18(11-21(26)28)23(30)31-13-20(27)24-19-8-7-15(2)9-16(19)3/h4-10,18H,11-13H2,1-3H3,(H,24,27)(H,25,29)/t18-/m0/s1. The van der Waals surface area contributed by atoms with Crippen molar-refractivity contribution in [2.45, 2.75) is 27.2 Å². The number of hydrogen-bond donors (Lipinski definition) is 2. The van der Waals surface area contributed by atoms with Gasteiger partial charge in [0.1, 0.15) is 0 Å². The molecule has 2 N–H and O–H groups in total. The van der Waals surface area contributed by atoms with Gasteiger partial charge in [-0.25, -0.2) is 0 Å². The number of esters is 1. The molecule has 0 spiro atoms. The van der Waals surface area contributed by atoms with Crippen LogP contribution in [0.5, 0.6) is 0 Å². The largest absolute Gasteiger partial charge is 0.455 e. The number of hydrazine groups is 1. The third-order valence-electron chi connectivity index (χ3n) is 4.98. The minimum atomic E-state index is -0.751. The van der Waals surface area contributed by atoms with Crippen LogP contribution in [0.4, 0.5) is 5.69 Å². The van der Waals surface area contributed by atoms with E-state index in [-0.39, 0.29) is 18.9 Å². The maximum atomic E-state index is 12.3. The van der Waals surface area contributed by atoms with Gasteiger partial charge < -0.3 is 10.1 Å². The van der Waals surface area contributed by atoms with Crippen molar-refractivity contribution in [1.82, 2.24) is 10.4 Å². The zero-order valence-corrected chi connectivity index (χ0v) is 17.7. The fraction of sp³-hybridized carbons (Fsp3) is 0.304.